The molecule has 1 rings (SSSR count). The van der Waals surface area contributed by atoms with Gasteiger partial charge >= 0.3 is 0 Å². The highest BCUT2D eigenvalue weighted by Gasteiger charge is 1.98. The summed E-state index contributed by atoms with van der Waals surface area (Å²) in [4.78, 5) is 14.2. The van der Waals surface area contributed by atoms with Gasteiger partial charge in [-0.2, -0.15) is 0 Å². The summed E-state index contributed by atoms with van der Waals surface area (Å²) >= 11 is 0. The van der Waals surface area contributed by atoms with Crippen molar-refractivity contribution in [2.75, 3.05) is 13.1 Å². The normalized spacial score (nSPS) is 10.2. The van der Waals surface area contributed by atoms with Gasteiger partial charge in [0.2, 0.25) is 5.91 Å². The van der Waals surface area contributed by atoms with Crippen LogP contribution in [0.15, 0.2) is 18.5 Å². The van der Waals surface area contributed by atoms with Crippen LogP contribution in [-0.2, 0) is 11.3 Å². The monoisotopic (exact) mass is 209 g/mol. The summed E-state index contributed by atoms with van der Waals surface area (Å²) in [6, 6.07) is 2.02. The predicted octanol–water partition coefficient (Wildman–Crippen LogP) is 1.02. The van der Waals surface area contributed by atoms with Gasteiger partial charge in [-0.1, -0.05) is 6.92 Å². The van der Waals surface area contributed by atoms with Crippen molar-refractivity contribution in [3.8, 4) is 0 Å². The molecule has 1 aromatic rings. The van der Waals surface area contributed by atoms with Crippen LogP contribution in [0.3, 0.4) is 0 Å². The minimum Gasteiger partial charge on any atom is -0.367 e. The van der Waals surface area contributed by atoms with Crippen molar-refractivity contribution in [3.63, 3.8) is 0 Å². The van der Waals surface area contributed by atoms with E-state index in [1.165, 1.54) is 5.56 Å². The zero-order valence-electron chi connectivity index (χ0n) is 9.18. The molecule has 84 valence electrons. The molecule has 1 heterocycles. The van der Waals surface area contributed by atoms with E-state index in [2.05, 4.69) is 15.6 Å². The maximum absolute atomic E-state index is 11.2. The number of carbonyl (C=O) groups is 1. The van der Waals surface area contributed by atoms with Crippen LogP contribution in [0.2, 0.25) is 0 Å². The molecule has 0 aliphatic carbocycles. The summed E-state index contributed by atoms with van der Waals surface area (Å²) in [7, 11) is 0. The molecule has 0 fully saturated rings. The van der Waals surface area contributed by atoms with Gasteiger partial charge in [0.15, 0.2) is 0 Å². The smallest absolute Gasteiger partial charge is 0.221 e. The molecule has 0 unspecified atom stereocenters. The van der Waals surface area contributed by atoms with Gasteiger partial charge < -0.3 is 15.6 Å². The maximum atomic E-state index is 11.2. The van der Waals surface area contributed by atoms with Crippen LogP contribution in [0.4, 0.5) is 0 Å². The second-order valence-corrected chi connectivity index (χ2v) is 3.50. The number of amides is 1. The molecule has 0 aliphatic rings. The summed E-state index contributed by atoms with van der Waals surface area (Å²) in [6.07, 6.45) is 5.38. The van der Waals surface area contributed by atoms with Crippen LogP contribution in [0, 0.1) is 0 Å². The quantitative estimate of drug-likeness (QED) is 0.587. The van der Waals surface area contributed by atoms with Crippen molar-refractivity contribution >= 4 is 5.91 Å². The van der Waals surface area contributed by atoms with Gasteiger partial charge in [0.05, 0.1) is 0 Å². The molecule has 4 nitrogen and oxygen atoms in total. The Morgan fingerprint density at radius 1 is 1.47 bits per heavy atom. The molecular weight excluding hydrogens is 190 g/mol. The van der Waals surface area contributed by atoms with E-state index in [1.54, 1.807) is 0 Å². The Morgan fingerprint density at radius 2 is 2.33 bits per heavy atom. The first-order valence-corrected chi connectivity index (χ1v) is 5.42. The van der Waals surface area contributed by atoms with Crippen molar-refractivity contribution in [3.05, 3.63) is 24.0 Å². The van der Waals surface area contributed by atoms with E-state index >= 15 is 0 Å². The molecule has 3 N–H and O–H groups in total. The third-order valence-electron chi connectivity index (χ3n) is 2.09. The molecule has 0 atom stereocenters. The molecule has 0 bridgehead atoms. The molecule has 4 heteroatoms. The van der Waals surface area contributed by atoms with Gasteiger partial charge in [0, 0.05) is 38.4 Å². The zero-order chi connectivity index (χ0) is 10.9. The Hall–Kier alpha value is -1.29. The molecule has 15 heavy (non-hydrogen) atoms. The highest BCUT2D eigenvalue weighted by molar-refractivity contribution is 5.75. The third-order valence-corrected chi connectivity index (χ3v) is 2.09. The van der Waals surface area contributed by atoms with Gasteiger partial charge in [0.25, 0.3) is 0 Å². The Labute approximate surface area is 90.5 Å². The van der Waals surface area contributed by atoms with E-state index in [-0.39, 0.29) is 5.91 Å². The molecule has 1 amide bonds. The lowest BCUT2D eigenvalue weighted by molar-refractivity contribution is -0.120. The second-order valence-electron chi connectivity index (χ2n) is 3.50. The van der Waals surface area contributed by atoms with Crippen LogP contribution in [0.25, 0.3) is 0 Å². The maximum Gasteiger partial charge on any atom is 0.221 e. The Bertz CT molecular complexity index is 269. The molecule has 1 aromatic heterocycles. The first-order chi connectivity index (χ1) is 7.33. The van der Waals surface area contributed by atoms with E-state index < -0.39 is 0 Å². The van der Waals surface area contributed by atoms with Gasteiger partial charge in [-0.05, 0) is 18.1 Å². The average molecular weight is 209 g/mol. The van der Waals surface area contributed by atoms with Gasteiger partial charge in [-0.25, -0.2) is 0 Å². The highest BCUT2D eigenvalue weighted by Crippen LogP contribution is 1.94. The summed E-state index contributed by atoms with van der Waals surface area (Å²) in [6.45, 7) is 4.35. The van der Waals surface area contributed by atoms with Crippen LogP contribution in [0.1, 0.15) is 25.3 Å². The van der Waals surface area contributed by atoms with E-state index in [0.717, 1.165) is 26.1 Å². The Morgan fingerprint density at radius 3 is 3.00 bits per heavy atom. The zero-order valence-corrected chi connectivity index (χ0v) is 9.18. The summed E-state index contributed by atoms with van der Waals surface area (Å²) in [5.41, 5.74) is 1.21. The molecule has 0 saturated heterocycles. The van der Waals surface area contributed by atoms with E-state index in [1.807, 2.05) is 25.4 Å². The van der Waals surface area contributed by atoms with Crippen molar-refractivity contribution in [2.45, 2.75) is 26.3 Å². The number of rotatable bonds is 7. The average Bonchev–Trinajstić information content (AvgIpc) is 2.74. The predicted molar refractivity (Wildman–Crippen MR) is 60.4 cm³/mol. The molecule has 0 saturated carbocycles. The number of hydrogen-bond acceptors (Lipinski definition) is 2. The lowest BCUT2D eigenvalue weighted by Gasteiger charge is -2.04. The summed E-state index contributed by atoms with van der Waals surface area (Å²) < 4.78 is 0. The van der Waals surface area contributed by atoms with Crippen molar-refractivity contribution in [1.29, 1.82) is 0 Å². The lowest BCUT2D eigenvalue weighted by Crippen LogP contribution is -2.27. The Kier molecular flexibility index (Phi) is 5.55. The topological polar surface area (TPSA) is 56.9 Å². The van der Waals surface area contributed by atoms with Crippen LogP contribution in [-0.4, -0.2) is 24.0 Å². The number of carbonyl (C=O) groups excluding carboxylic acids is 1. The highest BCUT2D eigenvalue weighted by atomic mass is 16.1. The fourth-order valence-electron chi connectivity index (χ4n) is 1.26. The largest absolute Gasteiger partial charge is 0.367 e. The molecule has 0 spiro atoms. The van der Waals surface area contributed by atoms with Gasteiger partial charge in [0.1, 0.15) is 0 Å². The Balaban J connectivity index is 1.99. The van der Waals surface area contributed by atoms with Crippen LogP contribution >= 0.6 is 0 Å². The minimum atomic E-state index is 0.124. The van der Waals surface area contributed by atoms with Crippen molar-refractivity contribution < 1.29 is 4.79 Å². The second kappa shape index (κ2) is 7.06. The van der Waals surface area contributed by atoms with E-state index in [9.17, 15) is 4.79 Å². The van der Waals surface area contributed by atoms with Crippen molar-refractivity contribution in [2.24, 2.45) is 0 Å². The number of nitrogens with one attached hydrogen (secondary N) is 3. The first kappa shape index (κ1) is 11.8. The van der Waals surface area contributed by atoms with Gasteiger partial charge in [-0.3, -0.25) is 4.79 Å². The SMILES string of the molecule is CCCNC(=O)CCNCc1cc[nH]c1. The molecule has 0 aliphatic heterocycles. The molecule has 0 aromatic carbocycles. The standard InChI is InChI=1S/C11H19N3O/c1-2-5-14-11(15)4-7-13-9-10-3-6-12-8-10/h3,6,8,12-13H,2,4-5,7,9H2,1H3,(H,14,15). The first-order valence-electron chi connectivity index (χ1n) is 5.42. The van der Waals surface area contributed by atoms with Crippen LogP contribution in [0.5, 0.6) is 0 Å². The lowest BCUT2D eigenvalue weighted by atomic mass is 10.3. The molecule has 0 radical (unpaired) electrons. The third kappa shape index (κ3) is 5.22. The number of aromatic amines is 1. The number of aromatic nitrogens is 1. The fraction of sp³-hybridized carbons (Fsp3) is 0.545. The molecular formula is C11H19N3O. The summed E-state index contributed by atoms with van der Waals surface area (Å²) in [5.74, 6) is 0.124. The number of hydrogen-bond donors (Lipinski definition) is 3. The van der Waals surface area contributed by atoms with Crippen molar-refractivity contribution in [1.82, 2.24) is 15.6 Å². The number of H-pyrrole nitrogens is 1. The summed E-state index contributed by atoms with van der Waals surface area (Å²) in [5, 5.41) is 6.06. The van der Waals surface area contributed by atoms with E-state index in [0.29, 0.717) is 6.42 Å². The van der Waals surface area contributed by atoms with Crippen LogP contribution < -0.4 is 10.6 Å². The van der Waals surface area contributed by atoms with E-state index in [4.69, 9.17) is 0 Å². The minimum absolute atomic E-state index is 0.124. The van der Waals surface area contributed by atoms with Gasteiger partial charge in [-0.15, -0.1) is 0 Å². The fourth-order valence-corrected chi connectivity index (χ4v) is 1.26.